The highest BCUT2D eigenvalue weighted by Gasteiger charge is 2.08. The summed E-state index contributed by atoms with van der Waals surface area (Å²) in [5.41, 5.74) is 1.74. The van der Waals surface area contributed by atoms with E-state index in [9.17, 15) is 4.79 Å². The van der Waals surface area contributed by atoms with Gasteiger partial charge in [0.25, 0.3) is 5.56 Å². The van der Waals surface area contributed by atoms with Crippen LogP contribution in [0.2, 0.25) is 0 Å². The van der Waals surface area contributed by atoms with Crippen LogP contribution in [0.15, 0.2) is 41.5 Å². The first-order valence-electron chi connectivity index (χ1n) is 6.27. The lowest BCUT2D eigenvalue weighted by Gasteiger charge is -2.06. The maximum atomic E-state index is 11.7. The molecule has 0 spiro atoms. The highest BCUT2D eigenvalue weighted by molar-refractivity contribution is 5.69. The summed E-state index contributed by atoms with van der Waals surface area (Å²) in [6.45, 7) is 2.55. The molecule has 0 bridgehead atoms. The molecule has 0 aliphatic rings. The molecule has 6 nitrogen and oxygen atoms in total. The average molecular weight is 270 g/mol. The summed E-state index contributed by atoms with van der Waals surface area (Å²) in [5, 5.41) is 0. The number of nitrogens with zero attached hydrogens (tertiary/aromatic N) is 3. The zero-order valence-corrected chi connectivity index (χ0v) is 11.0. The molecule has 3 rings (SSSR count). The number of nitrogens with one attached hydrogen (secondary N) is 1. The summed E-state index contributed by atoms with van der Waals surface area (Å²) in [6, 6.07) is 9.90. The van der Waals surface area contributed by atoms with Crippen molar-refractivity contribution >= 4 is 11.2 Å². The van der Waals surface area contributed by atoms with Gasteiger partial charge in [-0.2, -0.15) is 0 Å². The SMILES string of the molecule is Cc1nc2c(ncn2COCc2ccccc2)c(=O)[nH]1. The Labute approximate surface area is 115 Å². The van der Waals surface area contributed by atoms with Crippen molar-refractivity contribution in [3.8, 4) is 0 Å². The number of imidazole rings is 1. The highest BCUT2D eigenvalue weighted by Crippen LogP contribution is 2.07. The zero-order valence-electron chi connectivity index (χ0n) is 11.0. The molecule has 0 aliphatic heterocycles. The Morgan fingerprint density at radius 1 is 1.30 bits per heavy atom. The molecule has 2 heterocycles. The minimum absolute atomic E-state index is 0.227. The van der Waals surface area contributed by atoms with Gasteiger partial charge in [0.1, 0.15) is 12.6 Å². The number of rotatable bonds is 4. The molecule has 3 aromatic rings. The van der Waals surface area contributed by atoms with Gasteiger partial charge in [-0.3, -0.25) is 9.36 Å². The van der Waals surface area contributed by atoms with Gasteiger partial charge in [-0.1, -0.05) is 30.3 Å². The van der Waals surface area contributed by atoms with Gasteiger partial charge in [-0.25, -0.2) is 9.97 Å². The Kier molecular flexibility index (Phi) is 3.30. The van der Waals surface area contributed by atoms with Crippen molar-refractivity contribution < 1.29 is 4.74 Å². The average Bonchev–Trinajstić information content (AvgIpc) is 2.83. The van der Waals surface area contributed by atoms with Crippen LogP contribution in [0.25, 0.3) is 11.2 Å². The van der Waals surface area contributed by atoms with Crippen molar-refractivity contribution in [3.63, 3.8) is 0 Å². The first kappa shape index (κ1) is 12.6. The molecule has 0 radical (unpaired) electrons. The molecule has 1 N–H and O–H groups in total. The van der Waals surface area contributed by atoms with E-state index < -0.39 is 0 Å². The van der Waals surface area contributed by atoms with E-state index >= 15 is 0 Å². The second-order valence-corrected chi connectivity index (χ2v) is 4.50. The van der Waals surface area contributed by atoms with Crippen molar-refractivity contribution in [1.29, 1.82) is 0 Å². The number of aromatic amines is 1. The third-order valence-corrected chi connectivity index (χ3v) is 2.94. The maximum absolute atomic E-state index is 11.7. The lowest BCUT2D eigenvalue weighted by molar-refractivity contribution is 0.0661. The number of ether oxygens (including phenoxy) is 1. The third kappa shape index (κ3) is 2.46. The topological polar surface area (TPSA) is 72.8 Å². The van der Waals surface area contributed by atoms with Gasteiger partial charge in [-0.15, -0.1) is 0 Å². The van der Waals surface area contributed by atoms with E-state index in [0.717, 1.165) is 5.56 Å². The normalized spacial score (nSPS) is 11.1. The summed E-state index contributed by atoms with van der Waals surface area (Å²) in [5.74, 6) is 0.562. The monoisotopic (exact) mass is 270 g/mol. The summed E-state index contributed by atoms with van der Waals surface area (Å²) < 4.78 is 7.35. The molecule has 0 amide bonds. The number of aromatic nitrogens is 4. The van der Waals surface area contributed by atoms with Crippen LogP contribution in [0.4, 0.5) is 0 Å². The fourth-order valence-electron chi connectivity index (χ4n) is 1.99. The van der Waals surface area contributed by atoms with Gasteiger partial charge in [0.05, 0.1) is 12.9 Å². The lowest BCUT2D eigenvalue weighted by Crippen LogP contribution is -2.11. The van der Waals surface area contributed by atoms with Gasteiger partial charge in [-0.05, 0) is 12.5 Å². The predicted octanol–water partition coefficient (Wildman–Crippen LogP) is 1.60. The van der Waals surface area contributed by atoms with Gasteiger partial charge in [0, 0.05) is 0 Å². The quantitative estimate of drug-likeness (QED) is 0.781. The standard InChI is InChI=1S/C14H14N4O2/c1-10-16-13-12(14(19)17-10)15-8-18(13)9-20-7-11-5-3-2-4-6-11/h2-6,8H,7,9H2,1H3,(H,16,17,19). The molecule has 0 fully saturated rings. The van der Waals surface area contributed by atoms with Crippen LogP contribution in [-0.4, -0.2) is 19.5 Å². The molecule has 2 aromatic heterocycles. The van der Waals surface area contributed by atoms with Crippen molar-refractivity contribution in [1.82, 2.24) is 19.5 Å². The fourth-order valence-corrected chi connectivity index (χ4v) is 1.99. The molecule has 1 aromatic carbocycles. The molecular weight excluding hydrogens is 256 g/mol. The van der Waals surface area contributed by atoms with Gasteiger partial charge in [0.15, 0.2) is 11.2 Å². The number of fused-ring (bicyclic) bond motifs is 1. The summed E-state index contributed by atoms with van der Waals surface area (Å²) >= 11 is 0. The largest absolute Gasteiger partial charge is 0.356 e. The Bertz CT molecular complexity index is 777. The molecule has 0 saturated heterocycles. The van der Waals surface area contributed by atoms with Crippen molar-refractivity contribution in [3.05, 3.63) is 58.4 Å². The second-order valence-electron chi connectivity index (χ2n) is 4.50. The van der Waals surface area contributed by atoms with Crippen molar-refractivity contribution in [2.24, 2.45) is 0 Å². The lowest BCUT2D eigenvalue weighted by atomic mass is 10.2. The summed E-state index contributed by atoms with van der Waals surface area (Å²) in [7, 11) is 0. The third-order valence-electron chi connectivity index (χ3n) is 2.94. The number of hydrogen-bond acceptors (Lipinski definition) is 4. The van der Waals surface area contributed by atoms with E-state index in [1.165, 1.54) is 0 Å². The van der Waals surface area contributed by atoms with E-state index in [1.54, 1.807) is 17.8 Å². The van der Waals surface area contributed by atoms with Crippen LogP contribution < -0.4 is 5.56 Å². The Balaban J connectivity index is 1.77. The Hall–Kier alpha value is -2.47. The molecule has 0 unspecified atom stereocenters. The van der Waals surface area contributed by atoms with Crippen molar-refractivity contribution in [2.75, 3.05) is 0 Å². The van der Waals surface area contributed by atoms with Crippen LogP contribution in [0.5, 0.6) is 0 Å². The van der Waals surface area contributed by atoms with Crippen LogP contribution in [0, 0.1) is 6.92 Å². The number of aryl methyl sites for hydroxylation is 1. The smallest absolute Gasteiger partial charge is 0.279 e. The molecule has 6 heteroatoms. The van der Waals surface area contributed by atoms with E-state index in [0.29, 0.717) is 30.3 Å². The van der Waals surface area contributed by atoms with Gasteiger partial charge < -0.3 is 9.72 Å². The molecule has 0 aliphatic carbocycles. The Morgan fingerprint density at radius 3 is 2.90 bits per heavy atom. The van der Waals surface area contributed by atoms with E-state index in [-0.39, 0.29) is 5.56 Å². The van der Waals surface area contributed by atoms with E-state index in [4.69, 9.17) is 4.74 Å². The minimum Gasteiger partial charge on any atom is -0.356 e. The van der Waals surface area contributed by atoms with E-state index in [2.05, 4.69) is 15.0 Å². The minimum atomic E-state index is -0.227. The highest BCUT2D eigenvalue weighted by atomic mass is 16.5. The van der Waals surface area contributed by atoms with Crippen LogP contribution in [-0.2, 0) is 18.1 Å². The van der Waals surface area contributed by atoms with Crippen LogP contribution >= 0.6 is 0 Å². The van der Waals surface area contributed by atoms with Gasteiger partial charge in [0.2, 0.25) is 0 Å². The molecule has 0 atom stereocenters. The maximum Gasteiger partial charge on any atom is 0.279 e. The number of hydrogen-bond donors (Lipinski definition) is 1. The summed E-state index contributed by atoms with van der Waals surface area (Å²) in [6.07, 6.45) is 1.57. The second kappa shape index (κ2) is 5.26. The van der Waals surface area contributed by atoms with E-state index in [1.807, 2.05) is 30.3 Å². The molecule has 102 valence electrons. The number of benzene rings is 1. The van der Waals surface area contributed by atoms with Gasteiger partial charge >= 0.3 is 0 Å². The number of H-pyrrole nitrogens is 1. The Morgan fingerprint density at radius 2 is 2.10 bits per heavy atom. The first-order valence-corrected chi connectivity index (χ1v) is 6.27. The van der Waals surface area contributed by atoms with Crippen LogP contribution in [0.3, 0.4) is 0 Å². The molecular formula is C14H14N4O2. The first-order chi connectivity index (χ1) is 9.74. The molecule has 0 saturated carbocycles. The predicted molar refractivity (Wildman–Crippen MR) is 74.1 cm³/mol. The van der Waals surface area contributed by atoms with Crippen molar-refractivity contribution in [2.45, 2.75) is 20.3 Å². The fraction of sp³-hybridized carbons (Fsp3) is 0.214. The zero-order chi connectivity index (χ0) is 13.9. The summed E-state index contributed by atoms with van der Waals surface area (Å²) in [4.78, 5) is 22.7. The van der Waals surface area contributed by atoms with Crippen LogP contribution in [0.1, 0.15) is 11.4 Å². The molecule has 20 heavy (non-hydrogen) atoms.